The average Bonchev–Trinajstić information content (AvgIpc) is 2.72. The van der Waals surface area contributed by atoms with E-state index in [2.05, 4.69) is 11.8 Å². The number of hydrogen-bond acceptors (Lipinski definition) is 2. The van der Waals surface area contributed by atoms with Crippen molar-refractivity contribution in [2.75, 3.05) is 6.54 Å². The van der Waals surface area contributed by atoms with E-state index >= 15 is 0 Å². The number of nitrogens with two attached hydrogens (primary N) is 1. The molecule has 98 valence electrons. The van der Waals surface area contributed by atoms with E-state index in [0.29, 0.717) is 18.1 Å². The fourth-order valence-electron chi connectivity index (χ4n) is 3.60. The van der Waals surface area contributed by atoms with Gasteiger partial charge in [-0.05, 0) is 55.9 Å². The van der Waals surface area contributed by atoms with Gasteiger partial charge in [0.05, 0.1) is 0 Å². The molecule has 1 aliphatic carbocycles. The molecule has 2 nitrogen and oxygen atoms in total. The number of nitrogens with zero attached hydrogens (tertiary/aromatic N) is 1. The van der Waals surface area contributed by atoms with Gasteiger partial charge in [0.2, 0.25) is 0 Å². The molecule has 0 amide bonds. The number of likely N-dealkylation sites (tertiary alicyclic amines) is 1. The first kappa shape index (κ1) is 12.1. The molecule has 3 heteroatoms. The number of benzene rings is 1. The van der Waals surface area contributed by atoms with Crippen molar-refractivity contribution in [1.29, 1.82) is 0 Å². The van der Waals surface area contributed by atoms with Crippen molar-refractivity contribution in [2.45, 2.75) is 50.7 Å². The van der Waals surface area contributed by atoms with Crippen LogP contribution in [-0.4, -0.2) is 23.5 Å². The van der Waals surface area contributed by atoms with Crippen LogP contribution in [0.25, 0.3) is 0 Å². The third-order valence-electron chi connectivity index (χ3n) is 4.52. The molecule has 1 aromatic carbocycles. The summed E-state index contributed by atoms with van der Waals surface area (Å²) < 4.78 is 13.2. The predicted octanol–water partition coefficient (Wildman–Crippen LogP) is 2.62. The first-order valence-corrected chi connectivity index (χ1v) is 6.95. The van der Waals surface area contributed by atoms with Crippen LogP contribution >= 0.6 is 0 Å². The standard InChI is InChI=1S/C15H21FN2/c1-10-8-13(17)6-7-18(10)15-5-2-11-9-12(16)3-4-14(11)15/h3-4,9-10,13,15H,2,5-8,17H2,1H3. The van der Waals surface area contributed by atoms with Crippen molar-refractivity contribution in [1.82, 2.24) is 4.90 Å². The average molecular weight is 248 g/mol. The number of rotatable bonds is 1. The molecule has 0 saturated carbocycles. The normalized spacial score (nSPS) is 32.5. The van der Waals surface area contributed by atoms with E-state index in [1.165, 1.54) is 11.1 Å². The van der Waals surface area contributed by atoms with Gasteiger partial charge >= 0.3 is 0 Å². The maximum absolute atomic E-state index is 13.2. The quantitative estimate of drug-likeness (QED) is 0.828. The van der Waals surface area contributed by atoms with Crippen LogP contribution in [0.15, 0.2) is 18.2 Å². The largest absolute Gasteiger partial charge is 0.328 e. The molecule has 18 heavy (non-hydrogen) atoms. The lowest BCUT2D eigenvalue weighted by Crippen LogP contribution is -2.46. The highest BCUT2D eigenvalue weighted by Crippen LogP contribution is 2.38. The minimum atomic E-state index is -0.108. The maximum atomic E-state index is 13.2. The van der Waals surface area contributed by atoms with Gasteiger partial charge in [0.15, 0.2) is 0 Å². The molecule has 3 unspecified atom stereocenters. The van der Waals surface area contributed by atoms with Crippen molar-refractivity contribution in [3.8, 4) is 0 Å². The van der Waals surface area contributed by atoms with E-state index in [4.69, 9.17) is 5.73 Å². The van der Waals surface area contributed by atoms with Gasteiger partial charge in [-0.15, -0.1) is 0 Å². The molecular weight excluding hydrogens is 227 g/mol. The number of aryl methyl sites for hydroxylation is 1. The van der Waals surface area contributed by atoms with Gasteiger partial charge in [0, 0.05) is 24.7 Å². The van der Waals surface area contributed by atoms with E-state index in [-0.39, 0.29) is 5.82 Å². The van der Waals surface area contributed by atoms with E-state index in [1.54, 1.807) is 12.1 Å². The van der Waals surface area contributed by atoms with Crippen molar-refractivity contribution >= 4 is 0 Å². The van der Waals surface area contributed by atoms with Crippen LogP contribution in [-0.2, 0) is 6.42 Å². The molecule has 1 aromatic rings. The second-order valence-corrected chi connectivity index (χ2v) is 5.77. The molecule has 1 saturated heterocycles. The second-order valence-electron chi connectivity index (χ2n) is 5.77. The SMILES string of the molecule is CC1CC(N)CCN1C1CCc2cc(F)ccc21. The Hall–Kier alpha value is -0.930. The summed E-state index contributed by atoms with van der Waals surface area (Å²) in [5.41, 5.74) is 8.55. The van der Waals surface area contributed by atoms with Gasteiger partial charge in [-0.1, -0.05) is 6.07 Å². The van der Waals surface area contributed by atoms with Gasteiger partial charge in [-0.25, -0.2) is 4.39 Å². The lowest BCUT2D eigenvalue weighted by Gasteiger charge is -2.40. The Kier molecular flexibility index (Phi) is 3.12. The Bertz CT molecular complexity index is 446. The summed E-state index contributed by atoms with van der Waals surface area (Å²) in [4.78, 5) is 2.56. The van der Waals surface area contributed by atoms with Crippen molar-refractivity contribution < 1.29 is 4.39 Å². The Morgan fingerprint density at radius 3 is 2.94 bits per heavy atom. The van der Waals surface area contributed by atoms with Crippen LogP contribution in [0.4, 0.5) is 4.39 Å². The van der Waals surface area contributed by atoms with Crippen LogP contribution in [0.1, 0.15) is 43.4 Å². The summed E-state index contributed by atoms with van der Waals surface area (Å²) in [6.07, 6.45) is 4.29. The van der Waals surface area contributed by atoms with Gasteiger partial charge in [0.1, 0.15) is 5.82 Å². The minimum Gasteiger partial charge on any atom is -0.328 e. The smallest absolute Gasteiger partial charge is 0.123 e. The highest BCUT2D eigenvalue weighted by molar-refractivity contribution is 5.35. The van der Waals surface area contributed by atoms with Gasteiger partial charge in [-0.2, -0.15) is 0 Å². The third kappa shape index (κ3) is 2.06. The number of fused-ring (bicyclic) bond motifs is 1. The molecular formula is C15H21FN2. The molecule has 1 aliphatic heterocycles. The van der Waals surface area contributed by atoms with Crippen molar-refractivity contribution in [3.63, 3.8) is 0 Å². The first-order chi connectivity index (χ1) is 8.65. The summed E-state index contributed by atoms with van der Waals surface area (Å²) in [5, 5.41) is 0. The Balaban J connectivity index is 1.83. The molecule has 1 heterocycles. The maximum Gasteiger partial charge on any atom is 0.123 e. The van der Waals surface area contributed by atoms with Crippen LogP contribution < -0.4 is 5.73 Å². The third-order valence-corrected chi connectivity index (χ3v) is 4.52. The van der Waals surface area contributed by atoms with Gasteiger partial charge in [-0.3, -0.25) is 4.90 Å². The zero-order valence-electron chi connectivity index (χ0n) is 10.9. The zero-order chi connectivity index (χ0) is 12.7. The molecule has 0 spiro atoms. The lowest BCUT2D eigenvalue weighted by atomic mass is 9.95. The summed E-state index contributed by atoms with van der Waals surface area (Å²) >= 11 is 0. The highest BCUT2D eigenvalue weighted by Gasteiger charge is 2.33. The Labute approximate surface area is 108 Å². The highest BCUT2D eigenvalue weighted by atomic mass is 19.1. The van der Waals surface area contributed by atoms with Crippen LogP contribution in [0.2, 0.25) is 0 Å². The summed E-state index contributed by atoms with van der Waals surface area (Å²) in [6.45, 7) is 3.34. The molecule has 2 aliphatic rings. The predicted molar refractivity (Wildman–Crippen MR) is 70.8 cm³/mol. The van der Waals surface area contributed by atoms with Crippen molar-refractivity contribution in [3.05, 3.63) is 35.1 Å². The lowest BCUT2D eigenvalue weighted by molar-refractivity contribution is 0.0957. The van der Waals surface area contributed by atoms with E-state index in [1.807, 2.05) is 6.07 Å². The number of halogens is 1. The molecule has 0 aromatic heterocycles. The Morgan fingerprint density at radius 2 is 2.17 bits per heavy atom. The summed E-state index contributed by atoms with van der Waals surface area (Å²) in [7, 11) is 0. The fourth-order valence-corrected chi connectivity index (χ4v) is 3.60. The molecule has 0 radical (unpaired) electrons. The second kappa shape index (κ2) is 4.63. The van der Waals surface area contributed by atoms with Gasteiger partial charge in [0.25, 0.3) is 0 Å². The molecule has 0 bridgehead atoms. The van der Waals surface area contributed by atoms with Crippen LogP contribution in [0.3, 0.4) is 0 Å². The summed E-state index contributed by atoms with van der Waals surface area (Å²) in [6, 6.07) is 6.64. The summed E-state index contributed by atoms with van der Waals surface area (Å²) in [5.74, 6) is -0.108. The van der Waals surface area contributed by atoms with Gasteiger partial charge < -0.3 is 5.73 Å². The van der Waals surface area contributed by atoms with Crippen molar-refractivity contribution in [2.24, 2.45) is 5.73 Å². The zero-order valence-corrected chi connectivity index (χ0v) is 10.9. The topological polar surface area (TPSA) is 29.3 Å². The number of hydrogen-bond donors (Lipinski definition) is 1. The molecule has 1 fully saturated rings. The molecule has 3 atom stereocenters. The monoisotopic (exact) mass is 248 g/mol. The van der Waals surface area contributed by atoms with E-state index in [9.17, 15) is 4.39 Å². The van der Waals surface area contributed by atoms with Crippen LogP contribution in [0, 0.1) is 5.82 Å². The van der Waals surface area contributed by atoms with E-state index in [0.717, 1.165) is 32.2 Å². The first-order valence-electron chi connectivity index (χ1n) is 6.95. The number of piperidine rings is 1. The molecule has 3 rings (SSSR count). The fraction of sp³-hybridized carbons (Fsp3) is 0.600. The molecule has 2 N–H and O–H groups in total. The van der Waals surface area contributed by atoms with Crippen LogP contribution in [0.5, 0.6) is 0 Å². The van der Waals surface area contributed by atoms with E-state index < -0.39 is 0 Å². The minimum absolute atomic E-state index is 0.108. The Morgan fingerprint density at radius 1 is 1.33 bits per heavy atom.